The van der Waals surface area contributed by atoms with Gasteiger partial charge in [0.1, 0.15) is 0 Å². The molecule has 7 heteroatoms. The van der Waals surface area contributed by atoms with Gasteiger partial charge in [-0.15, -0.1) is 16.7 Å². The molecule has 2 rings (SSSR count). The van der Waals surface area contributed by atoms with Gasteiger partial charge in [-0.3, -0.25) is 4.90 Å². The third-order valence-electron chi connectivity index (χ3n) is 2.65. The van der Waals surface area contributed by atoms with Crippen molar-refractivity contribution in [3.63, 3.8) is 0 Å². The number of tetrazole rings is 1. The fourth-order valence-corrected chi connectivity index (χ4v) is 2.85. The molecule has 1 aliphatic rings. The zero-order chi connectivity index (χ0) is 11.4. The Hall–Kier alpha value is -0.330. The molecule has 90 valence electrons. The van der Waals surface area contributed by atoms with Crippen LogP contribution in [0.4, 0.5) is 0 Å². The molecule has 0 N–H and O–H groups in total. The summed E-state index contributed by atoms with van der Waals surface area (Å²) in [5.41, 5.74) is 0. The molecule has 1 unspecified atom stereocenters. The Labute approximate surface area is 105 Å². The van der Waals surface area contributed by atoms with Crippen molar-refractivity contribution in [3.05, 3.63) is 5.82 Å². The minimum absolute atomic E-state index is 0.132. The van der Waals surface area contributed by atoms with Crippen LogP contribution in [0.15, 0.2) is 0 Å². The van der Waals surface area contributed by atoms with Crippen LogP contribution < -0.4 is 0 Å². The van der Waals surface area contributed by atoms with E-state index in [-0.39, 0.29) is 5.38 Å². The lowest BCUT2D eigenvalue weighted by molar-refractivity contribution is 0.281. The van der Waals surface area contributed by atoms with Crippen LogP contribution in [-0.4, -0.2) is 56.2 Å². The molecular formula is C9H16ClN5S. The maximum absolute atomic E-state index is 5.99. The van der Waals surface area contributed by atoms with Crippen molar-refractivity contribution in [2.24, 2.45) is 0 Å². The molecule has 1 fully saturated rings. The van der Waals surface area contributed by atoms with Crippen LogP contribution in [-0.2, 0) is 6.54 Å². The molecule has 1 saturated heterocycles. The molecule has 1 aromatic heterocycles. The second-order valence-electron chi connectivity index (χ2n) is 3.83. The number of nitrogens with zero attached hydrogens (tertiary/aromatic N) is 5. The summed E-state index contributed by atoms with van der Waals surface area (Å²) in [6, 6.07) is 0. The number of hydrogen-bond donors (Lipinski definition) is 0. The van der Waals surface area contributed by atoms with E-state index in [4.69, 9.17) is 11.6 Å². The first-order chi connectivity index (χ1) is 7.77. The standard InChI is InChI=1S/C9H16ClN5S/c1-8(10)9-11-12-13-15(9)3-2-14-4-6-16-7-5-14/h8H,2-7H2,1H3. The maximum atomic E-state index is 5.99. The van der Waals surface area contributed by atoms with Crippen LogP contribution in [0.1, 0.15) is 18.1 Å². The van der Waals surface area contributed by atoms with Gasteiger partial charge in [0.25, 0.3) is 0 Å². The van der Waals surface area contributed by atoms with Gasteiger partial charge in [-0.2, -0.15) is 11.8 Å². The second kappa shape index (κ2) is 5.84. The van der Waals surface area contributed by atoms with Crippen molar-refractivity contribution >= 4 is 23.4 Å². The molecule has 1 aromatic rings. The molecule has 0 radical (unpaired) electrons. The lowest BCUT2D eigenvalue weighted by Crippen LogP contribution is -2.35. The van der Waals surface area contributed by atoms with E-state index in [0.717, 1.165) is 18.9 Å². The summed E-state index contributed by atoms with van der Waals surface area (Å²) in [5.74, 6) is 3.22. The predicted octanol–water partition coefficient (Wildman–Crippen LogP) is 1.02. The lowest BCUT2D eigenvalue weighted by atomic mass is 10.4. The Morgan fingerprint density at radius 3 is 2.81 bits per heavy atom. The van der Waals surface area contributed by atoms with Crippen LogP contribution in [0.25, 0.3) is 0 Å². The van der Waals surface area contributed by atoms with E-state index in [9.17, 15) is 0 Å². The first-order valence-corrected chi connectivity index (χ1v) is 7.06. The zero-order valence-electron chi connectivity index (χ0n) is 9.34. The zero-order valence-corrected chi connectivity index (χ0v) is 10.9. The number of thioether (sulfide) groups is 1. The molecule has 1 atom stereocenters. The van der Waals surface area contributed by atoms with Crippen molar-refractivity contribution in [1.82, 2.24) is 25.1 Å². The minimum atomic E-state index is -0.132. The smallest absolute Gasteiger partial charge is 0.168 e. The Morgan fingerprint density at radius 1 is 1.38 bits per heavy atom. The number of rotatable bonds is 4. The first kappa shape index (κ1) is 12.1. The third-order valence-corrected chi connectivity index (χ3v) is 3.78. The minimum Gasteiger partial charge on any atom is -0.300 e. The highest BCUT2D eigenvalue weighted by atomic mass is 35.5. The summed E-state index contributed by atoms with van der Waals surface area (Å²) in [4.78, 5) is 2.45. The van der Waals surface area contributed by atoms with Gasteiger partial charge < -0.3 is 0 Å². The maximum Gasteiger partial charge on any atom is 0.168 e. The molecule has 0 amide bonds. The molecule has 0 spiro atoms. The van der Waals surface area contributed by atoms with E-state index >= 15 is 0 Å². The van der Waals surface area contributed by atoms with Crippen molar-refractivity contribution in [1.29, 1.82) is 0 Å². The van der Waals surface area contributed by atoms with Crippen molar-refractivity contribution < 1.29 is 0 Å². The molecular weight excluding hydrogens is 246 g/mol. The Morgan fingerprint density at radius 2 is 2.12 bits per heavy atom. The van der Waals surface area contributed by atoms with Gasteiger partial charge in [0.2, 0.25) is 0 Å². The van der Waals surface area contributed by atoms with E-state index in [2.05, 4.69) is 20.4 Å². The van der Waals surface area contributed by atoms with E-state index in [1.807, 2.05) is 18.7 Å². The quantitative estimate of drug-likeness (QED) is 0.758. The highest BCUT2D eigenvalue weighted by molar-refractivity contribution is 7.99. The molecule has 5 nitrogen and oxygen atoms in total. The van der Waals surface area contributed by atoms with E-state index in [1.54, 1.807) is 4.68 Å². The predicted molar refractivity (Wildman–Crippen MR) is 65.9 cm³/mol. The SMILES string of the molecule is CC(Cl)c1nnnn1CCN1CCSCC1. The number of halogens is 1. The number of alkyl halides is 1. The third kappa shape index (κ3) is 3.09. The van der Waals surface area contributed by atoms with Crippen LogP contribution in [0, 0.1) is 0 Å². The van der Waals surface area contributed by atoms with Gasteiger partial charge in [0.05, 0.1) is 11.9 Å². The average Bonchev–Trinajstić information content (AvgIpc) is 2.76. The van der Waals surface area contributed by atoms with Crippen LogP contribution in [0.2, 0.25) is 0 Å². The molecule has 0 aliphatic carbocycles. The highest BCUT2D eigenvalue weighted by Gasteiger charge is 2.14. The summed E-state index contributed by atoms with van der Waals surface area (Å²) in [7, 11) is 0. The summed E-state index contributed by atoms with van der Waals surface area (Å²) in [5, 5.41) is 11.4. The van der Waals surface area contributed by atoms with E-state index in [1.165, 1.54) is 24.6 Å². The van der Waals surface area contributed by atoms with Gasteiger partial charge in [-0.05, 0) is 17.4 Å². The van der Waals surface area contributed by atoms with Crippen LogP contribution in [0.5, 0.6) is 0 Å². The van der Waals surface area contributed by atoms with Gasteiger partial charge in [0.15, 0.2) is 5.82 Å². The lowest BCUT2D eigenvalue weighted by Gasteiger charge is -2.25. The summed E-state index contributed by atoms with van der Waals surface area (Å²) < 4.78 is 1.80. The highest BCUT2D eigenvalue weighted by Crippen LogP contribution is 2.15. The largest absolute Gasteiger partial charge is 0.300 e. The Bertz CT molecular complexity index is 323. The molecule has 0 aromatic carbocycles. The summed E-state index contributed by atoms with van der Waals surface area (Å²) in [6.07, 6.45) is 0. The summed E-state index contributed by atoms with van der Waals surface area (Å²) >= 11 is 8.01. The van der Waals surface area contributed by atoms with Gasteiger partial charge in [-0.1, -0.05) is 0 Å². The van der Waals surface area contributed by atoms with Crippen molar-refractivity contribution in [2.75, 3.05) is 31.1 Å². The fourth-order valence-electron chi connectivity index (χ4n) is 1.72. The van der Waals surface area contributed by atoms with Crippen LogP contribution >= 0.6 is 23.4 Å². The molecule has 0 saturated carbocycles. The van der Waals surface area contributed by atoms with Gasteiger partial charge in [-0.25, -0.2) is 4.68 Å². The number of aromatic nitrogens is 4. The topological polar surface area (TPSA) is 46.8 Å². The van der Waals surface area contributed by atoms with Crippen LogP contribution in [0.3, 0.4) is 0 Å². The van der Waals surface area contributed by atoms with Crippen molar-refractivity contribution in [2.45, 2.75) is 18.8 Å². The van der Waals surface area contributed by atoms with Gasteiger partial charge in [0, 0.05) is 31.1 Å². The van der Waals surface area contributed by atoms with Crippen molar-refractivity contribution in [3.8, 4) is 0 Å². The Balaban J connectivity index is 1.86. The molecule has 0 bridgehead atoms. The van der Waals surface area contributed by atoms with E-state index in [0.29, 0.717) is 0 Å². The molecule has 16 heavy (non-hydrogen) atoms. The second-order valence-corrected chi connectivity index (χ2v) is 5.71. The first-order valence-electron chi connectivity index (χ1n) is 5.47. The monoisotopic (exact) mass is 261 g/mol. The molecule has 2 heterocycles. The van der Waals surface area contributed by atoms with Gasteiger partial charge >= 0.3 is 0 Å². The normalized spacial score (nSPS) is 19.9. The Kier molecular flexibility index (Phi) is 4.43. The number of hydrogen-bond acceptors (Lipinski definition) is 5. The molecule has 1 aliphatic heterocycles. The fraction of sp³-hybridized carbons (Fsp3) is 0.889. The van der Waals surface area contributed by atoms with E-state index < -0.39 is 0 Å². The average molecular weight is 262 g/mol. The summed E-state index contributed by atoms with van der Waals surface area (Å²) in [6.45, 7) is 6.05.